The fraction of sp³-hybridized carbons (Fsp3) is 0.471. The number of benzene rings is 2. The maximum atomic E-state index is 14.0. The number of aliphatic hydroxyl groups is 1. The number of amides is 4. The summed E-state index contributed by atoms with van der Waals surface area (Å²) in [4.78, 5) is 47.3. The number of rotatable bonds is 16. The Morgan fingerprint density at radius 1 is 1.06 bits per heavy atom. The van der Waals surface area contributed by atoms with Gasteiger partial charge in [-0.25, -0.2) is 18.2 Å². The Balaban J connectivity index is 1.59. The summed E-state index contributed by atoms with van der Waals surface area (Å²) in [5.74, 6) is -0.920. The molecule has 2 heterocycles. The lowest BCUT2D eigenvalue weighted by atomic mass is 9.97. The lowest BCUT2D eigenvalue weighted by molar-refractivity contribution is -0.129. The van der Waals surface area contributed by atoms with E-state index >= 15 is 0 Å². The average Bonchev–Trinajstić information content (AvgIpc) is 3.57. The molecule has 1 saturated heterocycles. The van der Waals surface area contributed by atoms with E-state index in [0.717, 1.165) is 15.5 Å². The van der Waals surface area contributed by atoms with Gasteiger partial charge >= 0.3 is 6.03 Å². The van der Waals surface area contributed by atoms with Crippen LogP contribution in [0.3, 0.4) is 0 Å². The molecule has 3 aromatic rings. The smallest absolute Gasteiger partial charge is 0.328 e. The van der Waals surface area contributed by atoms with E-state index in [2.05, 4.69) is 10.3 Å². The second kappa shape index (κ2) is 16.0. The number of sulfonamides is 1. The molecule has 2 aromatic carbocycles. The van der Waals surface area contributed by atoms with Crippen molar-refractivity contribution >= 4 is 39.2 Å². The molecule has 0 saturated carbocycles. The predicted octanol–water partition coefficient (Wildman–Crippen LogP) is 3.68. The average molecular weight is 700 g/mol. The standard InChI is InChI=1S/C34H45N5O7S2/c1-22(2)17-37(48(44,45)28-14-12-27(46-6)13-15-28)19-30(40)29(16-25-10-8-7-9-11-25)36-33(42)32(23(3)4)39-20-31(41)38(34(39)43)18-26-21-47-24(5)35-26/h7-15,21-23,29-30,32,40H,16-20H2,1-6H3,(H,36,42)/t29-,30+,32?/m0/s1. The van der Waals surface area contributed by atoms with E-state index in [9.17, 15) is 27.9 Å². The van der Waals surface area contributed by atoms with Gasteiger partial charge in [0.25, 0.3) is 5.91 Å². The number of nitrogens with one attached hydrogen (secondary N) is 1. The van der Waals surface area contributed by atoms with Gasteiger partial charge in [0.15, 0.2) is 0 Å². The largest absolute Gasteiger partial charge is 0.497 e. The Hall–Kier alpha value is -3.85. The van der Waals surface area contributed by atoms with Gasteiger partial charge in [0, 0.05) is 18.5 Å². The van der Waals surface area contributed by atoms with E-state index in [1.807, 2.05) is 51.1 Å². The first kappa shape index (κ1) is 37.0. The van der Waals surface area contributed by atoms with Crippen LogP contribution in [0.4, 0.5) is 4.79 Å². The number of aliphatic hydroxyl groups excluding tert-OH is 1. The van der Waals surface area contributed by atoms with Crippen LogP contribution in [0.15, 0.2) is 64.9 Å². The molecule has 0 aliphatic carbocycles. The predicted molar refractivity (Wildman–Crippen MR) is 183 cm³/mol. The van der Waals surface area contributed by atoms with Crippen LogP contribution in [-0.4, -0.2) is 95.4 Å². The van der Waals surface area contributed by atoms with E-state index in [1.165, 1.54) is 39.8 Å². The van der Waals surface area contributed by atoms with Crippen LogP contribution in [-0.2, 0) is 32.6 Å². The molecule has 48 heavy (non-hydrogen) atoms. The van der Waals surface area contributed by atoms with Gasteiger partial charge in [-0.05, 0) is 55.0 Å². The molecular formula is C34H45N5O7S2. The highest BCUT2D eigenvalue weighted by Crippen LogP contribution is 2.24. The van der Waals surface area contributed by atoms with Gasteiger partial charge in [-0.15, -0.1) is 11.3 Å². The normalized spacial score (nSPS) is 15.8. The maximum absolute atomic E-state index is 14.0. The van der Waals surface area contributed by atoms with Crippen molar-refractivity contribution in [1.82, 2.24) is 24.4 Å². The number of imide groups is 1. The molecule has 12 nitrogen and oxygen atoms in total. The van der Waals surface area contributed by atoms with Crippen LogP contribution in [0.5, 0.6) is 5.75 Å². The molecule has 1 aromatic heterocycles. The molecule has 3 atom stereocenters. The molecule has 1 unspecified atom stereocenters. The Bertz CT molecular complexity index is 1660. The zero-order valence-corrected chi connectivity index (χ0v) is 29.8. The molecule has 4 amide bonds. The quantitative estimate of drug-likeness (QED) is 0.215. The Morgan fingerprint density at radius 2 is 1.73 bits per heavy atom. The third kappa shape index (κ3) is 8.98. The van der Waals surface area contributed by atoms with Crippen LogP contribution in [0.2, 0.25) is 0 Å². The minimum Gasteiger partial charge on any atom is -0.497 e. The van der Waals surface area contributed by atoms with Crippen molar-refractivity contribution < 1.29 is 32.6 Å². The first-order valence-electron chi connectivity index (χ1n) is 15.9. The minimum absolute atomic E-state index is 0.00857. The molecule has 2 N–H and O–H groups in total. The Morgan fingerprint density at radius 3 is 2.29 bits per heavy atom. The third-order valence-corrected chi connectivity index (χ3v) is 10.7. The molecule has 1 fully saturated rings. The van der Waals surface area contributed by atoms with E-state index in [0.29, 0.717) is 11.4 Å². The van der Waals surface area contributed by atoms with E-state index < -0.39 is 46.1 Å². The monoisotopic (exact) mass is 699 g/mol. The van der Waals surface area contributed by atoms with E-state index in [1.54, 1.807) is 31.4 Å². The molecule has 1 aliphatic rings. The maximum Gasteiger partial charge on any atom is 0.328 e. The minimum atomic E-state index is -4.03. The molecule has 4 rings (SSSR count). The van der Waals surface area contributed by atoms with Crippen molar-refractivity contribution in [2.75, 3.05) is 26.7 Å². The number of methoxy groups -OCH3 is 1. The number of carbonyl (C=O) groups is 3. The number of nitrogens with zero attached hydrogens (tertiary/aromatic N) is 4. The molecule has 1 aliphatic heterocycles. The van der Waals surface area contributed by atoms with Crippen LogP contribution >= 0.6 is 11.3 Å². The number of aromatic nitrogens is 1. The van der Waals surface area contributed by atoms with E-state index in [4.69, 9.17) is 4.74 Å². The topological polar surface area (TPSA) is 149 Å². The lowest BCUT2D eigenvalue weighted by Crippen LogP contribution is -2.57. The van der Waals surface area contributed by atoms with Gasteiger partial charge < -0.3 is 20.1 Å². The van der Waals surface area contributed by atoms with Crippen molar-refractivity contribution in [3.63, 3.8) is 0 Å². The number of urea groups is 1. The summed E-state index contributed by atoms with van der Waals surface area (Å²) < 4.78 is 34.0. The number of aryl methyl sites for hydroxylation is 1. The zero-order chi connectivity index (χ0) is 35.2. The fourth-order valence-corrected chi connectivity index (χ4v) is 7.94. The fourth-order valence-electron chi connectivity index (χ4n) is 5.71. The molecule has 260 valence electrons. The van der Waals surface area contributed by atoms with Crippen LogP contribution in [0.1, 0.15) is 44.0 Å². The second-order valence-corrected chi connectivity index (χ2v) is 15.7. The van der Waals surface area contributed by atoms with Crippen molar-refractivity contribution in [3.8, 4) is 5.75 Å². The number of carbonyl (C=O) groups excluding carboxylic acids is 3. The molecular weight excluding hydrogens is 655 g/mol. The molecule has 14 heteroatoms. The molecule has 0 radical (unpaired) electrons. The number of thiazole rings is 1. The van der Waals surface area contributed by atoms with Gasteiger partial charge in [0.05, 0.1) is 41.4 Å². The van der Waals surface area contributed by atoms with Crippen LogP contribution in [0, 0.1) is 18.8 Å². The SMILES string of the molecule is COc1ccc(S(=O)(=O)N(CC(C)C)C[C@@H](O)[C@H](Cc2ccccc2)NC(=O)C(C(C)C)N2CC(=O)N(Cc3csc(C)n3)C2=O)cc1. The van der Waals surface area contributed by atoms with Gasteiger partial charge in [0.1, 0.15) is 18.3 Å². The van der Waals surface area contributed by atoms with Crippen molar-refractivity contribution in [3.05, 3.63) is 76.2 Å². The first-order chi connectivity index (χ1) is 22.7. The molecule has 0 spiro atoms. The Kier molecular flexibility index (Phi) is 12.4. The summed E-state index contributed by atoms with van der Waals surface area (Å²) in [6.07, 6.45) is -1.13. The Labute approximate surface area is 286 Å². The summed E-state index contributed by atoms with van der Waals surface area (Å²) in [7, 11) is -2.54. The summed E-state index contributed by atoms with van der Waals surface area (Å²) in [6.45, 7) is 8.74. The van der Waals surface area contributed by atoms with E-state index in [-0.39, 0.29) is 49.3 Å². The van der Waals surface area contributed by atoms with Gasteiger partial charge in [0.2, 0.25) is 15.9 Å². The van der Waals surface area contributed by atoms with Gasteiger partial charge in [-0.2, -0.15) is 4.31 Å². The number of hydrogen-bond donors (Lipinski definition) is 2. The summed E-state index contributed by atoms with van der Waals surface area (Å²) in [6, 6.07) is 12.7. The van der Waals surface area contributed by atoms with Crippen molar-refractivity contribution in [1.29, 1.82) is 0 Å². The van der Waals surface area contributed by atoms with Gasteiger partial charge in [-0.1, -0.05) is 58.0 Å². The highest BCUT2D eigenvalue weighted by atomic mass is 32.2. The summed E-state index contributed by atoms with van der Waals surface area (Å²) in [5, 5.41) is 17.2. The zero-order valence-electron chi connectivity index (χ0n) is 28.2. The molecule has 0 bridgehead atoms. The first-order valence-corrected chi connectivity index (χ1v) is 18.2. The summed E-state index contributed by atoms with van der Waals surface area (Å²) in [5.41, 5.74) is 1.40. The number of ether oxygens (including phenoxy) is 1. The van der Waals surface area contributed by atoms with Crippen LogP contribution < -0.4 is 10.1 Å². The van der Waals surface area contributed by atoms with Crippen LogP contribution in [0.25, 0.3) is 0 Å². The summed E-state index contributed by atoms with van der Waals surface area (Å²) >= 11 is 1.42. The van der Waals surface area contributed by atoms with Crippen molar-refractivity contribution in [2.24, 2.45) is 11.8 Å². The van der Waals surface area contributed by atoms with Gasteiger partial charge in [-0.3, -0.25) is 14.5 Å². The van der Waals surface area contributed by atoms with Crippen molar-refractivity contribution in [2.45, 2.75) is 70.7 Å². The third-order valence-electron chi connectivity index (χ3n) is 8.05. The highest BCUT2D eigenvalue weighted by Gasteiger charge is 2.44. The lowest BCUT2D eigenvalue weighted by Gasteiger charge is -2.34. The number of hydrogen-bond acceptors (Lipinski definition) is 9. The second-order valence-electron chi connectivity index (χ2n) is 12.7. The highest BCUT2D eigenvalue weighted by molar-refractivity contribution is 7.89.